The van der Waals surface area contributed by atoms with E-state index >= 15 is 0 Å². The van der Waals surface area contributed by atoms with Gasteiger partial charge in [0.25, 0.3) is 0 Å². The maximum atomic E-state index is 8.43. The predicted octanol–water partition coefficient (Wildman–Crippen LogP) is 1.46. The van der Waals surface area contributed by atoms with Crippen LogP contribution in [-0.2, 0) is 0 Å². The average molecular weight is 211 g/mol. The molecule has 0 spiro atoms. The Morgan fingerprint density at radius 2 is 2.47 bits per heavy atom. The number of allylic oxidation sites excluding steroid dienone is 2. The first-order valence-corrected chi connectivity index (χ1v) is 5.57. The van der Waals surface area contributed by atoms with E-state index in [2.05, 4.69) is 29.5 Å². The van der Waals surface area contributed by atoms with Crippen LogP contribution in [0.2, 0.25) is 0 Å². The van der Waals surface area contributed by atoms with Gasteiger partial charge in [-0.25, -0.2) is 0 Å². The van der Waals surface area contributed by atoms with E-state index in [0.29, 0.717) is 12.3 Å². The molecule has 1 rings (SSSR count). The van der Waals surface area contributed by atoms with E-state index in [1.165, 1.54) is 19.3 Å². The summed E-state index contributed by atoms with van der Waals surface area (Å²) in [5.74, 6) is 1.03. The molecule has 15 heavy (non-hydrogen) atoms. The summed E-state index contributed by atoms with van der Waals surface area (Å²) in [4.78, 5) is 0. The van der Waals surface area contributed by atoms with Crippen LogP contribution in [0.1, 0.15) is 32.6 Å². The van der Waals surface area contributed by atoms with Crippen LogP contribution < -0.4 is 11.1 Å². The van der Waals surface area contributed by atoms with Gasteiger partial charge in [0.2, 0.25) is 0 Å². The van der Waals surface area contributed by atoms with Crippen LogP contribution in [-0.4, -0.2) is 23.6 Å². The van der Waals surface area contributed by atoms with Gasteiger partial charge in [0.15, 0.2) is 0 Å². The van der Waals surface area contributed by atoms with Crippen LogP contribution >= 0.6 is 0 Å². The molecule has 0 fully saturated rings. The van der Waals surface area contributed by atoms with Gasteiger partial charge in [-0.1, -0.05) is 17.3 Å². The Hall–Kier alpha value is -1.03. The summed E-state index contributed by atoms with van der Waals surface area (Å²) < 4.78 is 0. The molecule has 0 aromatic rings. The largest absolute Gasteiger partial charge is 0.409 e. The highest BCUT2D eigenvalue weighted by Crippen LogP contribution is 2.17. The van der Waals surface area contributed by atoms with E-state index in [1.807, 2.05) is 0 Å². The van der Waals surface area contributed by atoms with Gasteiger partial charge in [-0.2, -0.15) is 0 Å². The van der Waals surface area contributed by atoms with Crippen molar-refractivity contribution in [2.45, 2.75) is 38.6 Å². The molecule has 1 aliphatic carbocycles. The van der Waals surface area contributed by atoms with Gasteiger partial charge in [-0.05, 0) is 38.6 Å². The molecule has 0 bridgehead atoms. The first-order chi connectivity index (χ1) is 7.22. The highest BCUT2D eigenvalue weighted by Gasteiger charge is 2.11. The Morgan fingerprint density at radius 3 is 3.07 bits per heavy atom. The lowest BCUT2D eigenvalue weighted by atomic mass is 9.94. The van der Waals surface area contributed by atoms with Crippen LogP contribution in [0.5, 0.6) is 0 Å². The standard InChI is InChI=1S/C11H21N3O/c1-9(7-11(12)14-15)13-8-10-5-3-2-4-6-10/h2-3,9-10,13,15H,4-8H2,1H3,(H2,12,14). The number of nitrogens with two attached hydrogens (primary N) is 1. The lowest BCUT2D eigenvalue weighted by Gasteiger charge is -2.21. The molecule has 0 aliphatic heterocycles. The second kappa shape index (κ2) is 6.45. The van der Waals surface area contributed by atoms with Crippen molar-refractivity contribution in [3.8, 4) is 0 Å². The third-order valence-corrected chi connectivity index (χ3v) is 2.78. The number of nitrogens with one attached hydrogen (secondary N) is 1. The molecule has 2 unspecified atom stereocenters. The Bertz CT molecular complexity index is 238. The Labute approximate surface area is 91.2 Å². The van der Waals surface area contributed by atoms with Crippen molar-refractivity contribution >= 4 is 5.84 Å². The molecule has 4 heteroatoms. The quantitative estimate of drug-likeness (QED) is 0.212. The number of rotatable bonds is 5. The summed E-state index contributed by atoms with van der Waals surface area (Å²) in [5, 5.41) is 14.8. The number of nitrogens with zero attached hydrogens (tertiary/aromatic N) is 1. The van der Waals surface area contributed by atoms with Gasteiger partial charge >= 0.3 is 0 Å². The fraction of sp³-hybridized carbons (Fsp3) is 0.727. The van der Waals surface area contributed by atoms with Crippen LogP contribution in [0.15, 0.2) is 17.3 Å². The van der Waals surface area contributed by atoms with E-state index in [0.717, 1.165) is 12.5 Å². The molecule has 0 heterocycles. The SMILES string of the molecule is CC(CC(N)=NO)NCC1CC=CCC1. The summed E-state index contributed by atoms with van der Waals surface area (Å²) in [6.45, 7) is 3.07. The summed E-state index contributed by atoms with van der Waals surface area (Å²) in [6.07, 6.45) is 8.73. The predicted molar refractivity (Wildman–Crippen MR) is 62.0 cm³/mol. The highest BCUT2D eigenvalue weighted by atomic mass is 16.4. The zero-order chi connectivity index (χ0) is 11.1. The fourth-order valence-electron chi connectivity index (χ4n) is 1.84. The van der Waals surface area contributed by atoms with Crippen molar-refractivity contribution in [3.05, 3.63) is 12.2 Å². The minimum Gasteiger partial charge on any atom is -0.409 e. The molecule has 4 N–H and O–H groups in total. The molecule has 86 valence electrons. The van der Waals surface area contributed by atoms with Gasteiger partial charge in [0.05, 0.1) is 0 Å². The lowest BCUT2D eigenvalue weighted by Crippen LogP contribution is -2.34. The second-order valence-electron chi connectivity index (χ2n) is 4.26. The van der Waals surface area contributed by atoms with Crippen molar-refractivity contribution < 1.29 is 5.21 Å². The number of hydrogen-bond acceptors (Lipinski definition) is 3. The molecule has 0 radical (unpaired) electrons. The molecule has 0 saturated carbocycles. The number of oxime groups is 1. The van der Waals surface area contributed by atoms with Crippen molar-refractivity contribution in [3.63, 3.8) is 0 Å². The Balaban J connectivity index is 2.15. The van der Waals surface area contributed by atoms with E-state index in [-0.39, 0.29) is 6.04 Å². The molecule has 4 nitrogen and oxygen atoms in total. The normalized spacial score (nSPS) is 24.1. The molecular formula is C11H21N3O. The monoisotopic (exact) mass is 211 g/mol. The zero-order valence-electron chi connectivity index (χ0n) is 9.32. The molecule has 1 aliphatic rings. The molecule has 0 aromatic heterocycles. The highest BCUT2D eigenvalue weighted by molar-refractivity contribution is 5.80. The van der Waals surface area contributed by atoms with E-state index in [9.17, 15) is 0 Å². The van der Waals surface area contributed by atoms with Gasteiger partial charge < -0.3 is 16.3 Å². The molecule has 0 amide bonds. The number of hydrogen-bond donors (Lipinski definition) is 3. The lowest BCUT2D eigenvalue weighted by molar-refractivity contribution is 0.315. The third-order valence-electron chi connectivity index (χ3n) is 2.78. The van der Waals surface area contributed by atoms with Crippen LogP contribution in [0, 0.1) is 5.92 Å². The minimum atomic E-state index is 0.270. The molecular weight excluding hydrogens is 190 g/mol. The molecule has 0 saturated heterocycles. The topological polar surface area (TPSA) is 70.6 Å². The average Bonchev–Trinajstić information content (AvgIpc) is 2.27. The Kier molecular flexibility index (Phi) is 5.18. The van der Waals surface area contributed by atoms with Crippen LogP contribution in [0.4, 0.5) is 0 Å². The zero-order valence-corrected chi connectivity index (χ0v) is 9.32. The third kappa shape index (κ3) is 4.83. The first kappa shape index (κ1) is 12.0. The van der Waals surface area contributed by atoms with E-state index < -0.39 is 0 Å². The first-order valence-electron chi connectivity index (χ1n) is 5.57. The summed E-state index contributed by atoms with van der Waals surface area (Å²) in [6, 6.07) is 0.270. The molecule has 2 atom stereocenters. The maximum absolute atomic E-state index is 8.43. The van der Waals surface area contributed by atoms with Crippen LogP contribution in [0.25, 0.3) is 0 Å². The van der Waals surface area contributed by atoms with Crippen molar-refractivity contribution in [1.82, 2.24) is 5.32 Å². The van der Waals surface area contributed by atoms with Crippen molar-refractivity contribution in [2.75, 3.05) is 6.54 Å². The van der Waals surface area contributed by atoms with Gasteiger partial charge in [0.1, 0.15) is 5.84 Å². The Morgan fingerprint density at radius 1 is 1.67 bits per heavy atom. The van der Waals surface area contributed by atoms with Gasteiger partial charge in [-0.15, -0.1) is 0 Å². The fourth-order valence-corrected chi connectivity index (χ4v) is 1.84. The number of amidine groups is 1. The second-order valence-corrected chi connectivity index (χ2v) is 4.26. The van der Waals surface area contributed by atoms with Crippen LogP contribution in [0.3, 0.4) is 0 Å². The summed E-state index contributed by atoms with van der Waals surface area (Å²) in [7, 11) is 0. The smallest absolute Gasteiger partial charge is 0.140 e. The van der Waals surface area contributed by atoms with Gasteiger partial charge in [-0.3, -0.25) is 0 Å². The summed E-state index contributed by atoms with van der Waals surface area (Å²) >= 11 is 0. The van der Waals surface area contributed by atoms with Crippen molar-refractivity contribution in [2.24, 2.45) is 16.8 Å². The maximum Gasteiger partial charge on any atom is 0.140 e. The summed E-state index contributed by atoms with van der Waals surface area (Å²) in [5.41, 5.74) is 5.43. The van der Waals surface area contributed by atoms with Gasteiger partial charge in [0, 0.05) is 12.5 Å². The minimum absolute atomic E-state index is 0.270. The van der Waals surface area contributed by atoms with E-state index in [4.69, 9.17) is 10.9 Å². The molecule has 0 aromatic carbocycles. The van der Waals surface area contributed by atoms with Crippen molar-refractivity contribution in [1.29, 1.82) is 0 Å². The van der Waals surface area contributed by atoms with E-state index in [1.54, 1.807) is 0 Å².